The molecule has 1 N–H and O–H groups in total. The molecule has 4 rings (SSSR count). The Morgan fingerprint density at radius 3 is 2.88 bits per heavy atom. The molecular weight excluding hydrogens is 304 g/mol. The summed E-state index contributed by atoms with van der Waals surface area (Å²) in [6.07, 6.45) is 0.672. The van der Waals surface area contributed by atoms with Crippen molar-refractivity contribution in [3.8, 4) is 0 Å². The maximum Gasteiger partial charge on any atom is 0.272 e. The number of para-hydroxylation sites is 1. The fraction of sp³-hybridized carbons (Fsp3) is 0.389. The van der Waals surface area contributed by atoms with Gasteiger partial charge in [0.25, 0.3) is 5.91 Å². The lowest BCUT2D eigenvalue weighted by atomic mass is 10.1. The molecule has 2 aliphatic heterocycles. The summed E-state index contributed by atoms with van der Waals surface area (Å²) in [7, 11) is 0. The van der Waals surface area contributed by atoms with Gasteiger partial charge in [0.05, 0.1) is 11.6 Å². The van der Waals surface area contributed by atoms with E-state index in [1.54, 1.807) is 6.07 Å². The third-order valence-corrected chi connectivity index (χ3v) is 4.88. The summed E-state index contributed by atoms with van der Waals surface area (Å²) in [4.78, 5) is 33.3. The smallest absolute Gasteiger partial charge is 0.272 e. The number of hydrogen-bond donors (Lipinski definition) is 1. The molecule has 1 aromatic heterocycles. The number of piperazine rings is 1. The highest BCUT2D eigenvalue weighted by atomic mass is 16.2. The van der Waals surface area contributed by atoms with Crippen molar-refractivity contribution in [3.05, 3.63) is 42.1 Å². The first-order valence-corrected chi connectivity index (χ1v) is 8.39. The first kappa shape index (κ1) is 15.1. The molecule has 124 valence electrons. The molecule has 0 unspecified atom stereocenters. The van der Waals surface area contributed by atoms with Gasteiger partial charge in [-0.1, -0.05) is 24.3 Å². The molecule has 6 nitrogen and oxygen atoms in total. The summed E-state index contributed by atoms with van der Waals surface area (Å²) in [5, 5.41) is 3.94. The number of benzene rings is 1. The number of aromatic nitrogens is 1. The van der Waals surface area contributed by atoms with Crippen molar-refractivity contribution < 1.29 is 9.59 Å². The molecule has 1 atom stereocenters. The van der Waals surface area contributed by atoms with Crippen molar-refractivity contribution in [2.75, 3.05) is 32.7 Å². The Morgan fingerprint density at radius 1 is 1.08 bits per heavy atom. The van der Waals surface area contributed by atoms with Gasteiger partial charge in [-0.2, -0.15) is 0 Å². The van der Waals surface area contributed by atoms with Crippen LogP contribution in [0.4, 0.5) is 0 Å². The van der Waals surface area contributed by atoms with E-state index < -0.39 is 0 Å². The molecule has 2 aromatic rings. The minimum atomic E-state index is -0.110. The minimum absolute atomic E-state index is 0.0546. The predicted octanol–water partition coefficient (Wildman–Crippen LogP) is 0.881. The van der Waals surface area contributed by atoms with E-state index in [0.717, 1.165) is 24.0 Å². The number of nitrogens with one attached hydrogen (secondary N) is 1. The van der Waals surface area contributed by atoms with E-state index in [0.29, 0.717) is 31.7 Å². The number of hydrogen-bond acceptors (Lipinski definition) is 4. The van der Waals surface area contributed by atoms with E-state index in [1.807, 2.05) is 35.2 Å². The molecule has 0 bridgehead atoms. The summed E-state index contributed by atoms with van der Waals surface area (Å²) in [6, 6.07) is 11.4. The highest BCUT2D eigenvalue weighted by Crippen LogP contribution is 2.17. The maximum atomic E-state index is 12.8. The van der Waals surface area contributed by atoms with E-state index in [4.69, 9.17) is 0 Å². The SMILES string of the molecule is O=C1NCCN2CCN(C(=O)c3ccc4ccccc4n3)CC[C@@H]12. The van der Waals surface area contributed by atoms with Crippen LogP contribution in [0.1, 0.15) is 16.9 Å². The molecule has 0 saturated carbocycles. The zero-order valence-electron chi connectivity index (χ0n) is 13.4. The number of carbonyl (C=O) groups is 2. The van der Waals surface area contributed by atoms with Crippen molar-refractivity contribution in [2.24, 2.45) is 0 Å². The van der Waals surface area contributed by atoms with Crippen molar-refractivity contribution >= 4 is 22.7 Å². The minimum Gasteiger partial charge on any atom is -0.353 e. The highest BCUT2D eigenvalue weighted by molar-refractivity contribution is 5.95. The number of pyridine rings is 1. The zero-order chi connectivity index (χ0) is 16.5. The zero-order valence-corrected chi connectivity index (χ0v) is 13.4. The van der Waals surface area contributed by atoms with Gasteiger partial charge in [-0.05, 0) is 18.6 Å². The Morgan fingerprint density at radius 2 is 1.96 bits per heavy atom. The summed E-state index contributed by atoms with van der Waals surface area (Å²) in [5.41, 5.74) is 1.30. The van der Waals surface area contributed by atoms with Gasteiger partial charge < -0.3 is 10.2 Å². The maximum absolute atomic E-state index is 12.8. The third-order valence-electron chi connectivity index (χ3n) is 4.88. The molecule has 0 radical (unpaired) electrons. The monoisotopic (exact) mass is 324 g/mol. The fourth-order valence-electron chi connectivity index (χ4n) is 3.53. The van der Waals surface area contributed by atoms with Crippen LogP contribution in [0.25, 0.3) is 10.9 Å². The van der Waals surface area contributed by atoms with Gasteiger partial charge in [0, 0.05) is 38.1 Å². The van der Waals surface area contributed by atoms with Crippen LogP contribution in [0.3, 0.4) is 0 Å². The number of nitrogens with zero attached hydrogens (tertiary/aromatic N) is 3. The Kier molecular flexibility index (Phi) is 3.90. The first-order valence-electron chi connectivity index (χ1n) is 8.39. The molecule has 0 spiro atoms. The lowest BCUT2D eigenvalue weighted by molar-refractivity contribution is -0.128. The van der Waals surface area contributed by atoms with Crippen molar-refractivity contribution in [1.29, 1.82) is 0 Å². The first-order chi connectivity index (χ1) is 11.7. The second kappa shape index (κ2) is 6.20. The highest BCUT2D eigenvalue weighted by Gasteiger charge is 2.33. The van der Waals surface area contributed by atoms with Crippen molar-refractivity contribution in [2.45, 2.75) is 12.5 Å². The lowest BCUT2D eigenvalue weighted by Crippen LogP contribution is -2.55. The summed E-state index contributed by atoms with van der Waals surface area (Å²) >= 11 is 0. The fourth-order valence-corrected chi connectivity index (χ4v) is 3.53. The Balaban J connectivity index is 1.54. The molecule has 3 heterocycles. The largest absolute Gasteiger partial charge is 0.353 e. The van der Waals surface area contributed by atoms with Crippen LogP contribution in [-0.4, -0.2) is 65.4 Å². The normalized spacial score (nSPS) is 21.9. The van der Waals surface area contributed by atoms with Crippen LogP contribution in [0.5, 0.6) is 0 Å². The Bertz CT molecular complexity index is 791. The van der Waals surface area contributed by atoms with Crippen LogP contribution in [-0.2, 0) is 4.79 Å². The van der Waals surface area contributed by atoms with E-state index in [2.05, 4.69) is 15.2 Å². The van der Waals surface area contributed by atoms with Crippen LogP contribution in [0, 0.1) is 0 Å². The molecule has 2 aliphatic rings. The van der Waals surface area contributed by atoms with Gasteiger partial charge >= 0.3 is 0 Å². The summed E-state index contributed by atoms with van der Waals surface area (Å²) in [5.74, 6) is 0.0281. The van der Waals surface area contributed by atoms with E-state index in [9.17, 15) is 9.59 Å². The number of fused-ring (bicyclic) bond motifs is 2. The molecule has 2 saturated heterocycles. The Hall–Kier alpha value is -2.47. The molecule has 6 heteroatoms. The van der Waals surface area contributed by atoms with Gasteiger partial charge in [0.15, 0.2) is 0 Å². The second-order valence-corrected chi connectivity index (χ2v) is 6.31. The topological polar surface area (TPSA) is 65.5 Å². The van der Waals surface area contributed by atoms with Gasteiger partial charge in [0.2, 0.25) is 5.91 Å². The van der Waals surface area contributed by atoms with Gasteiger partial charge in [0.1, 0.15) is 5.69 Å². The van der Waals surface area contributed by atoms with E-state index >= 15 is 0 Å². The average molecular weight is 324 g/mol. The lowest BCUT2D eigenvalue weighted by Gasteiger charge is -2.32. The quantitative estimate of drug-likeness (QED) is 0.846. The number of rotatable bonds is 1. The van der Waals surface area contributed by atoms with Crippen molar-refractivity contribution in [1.82, 2.24) is 20.1 Å². The molecule has 2 fully saturated rings. The Labute approximate surface area is 140 Å². The molecule has 2 amide bonds. The van der Waals surface area contributed by atoms with Gasteiger partial charge in [-0.25, -0.2) is 4.98 Å². The van der Waals surface area contributed by atoms with Crippen LogP contribution in [0.2, 0.25) is 0 Å². The molecule has 24 heavy (non-hydrogen) atoms. The average Bonchev–Trinajstić information content (AvgIpc) is 2.84. The third kappa shape index (κ3) is 2.73. The summed E-state index contributed by atoms with van der Waals surface area (Å²) in [6.45, 7) is 3.50. The van der Waals surface area contributed by atoms with Crippen LogP contribution < -0.4 is 5.32 Å². The van der Waals surface area contributed by atoms with E-state index in [-0.39, 0.29) is 17.9 Å². The van der Waals surface area contributed by atoms with E-state index in [1.165, 1.54) is 0 Å². The van der Waals surface area contributed by atoms with Crippen LogP contribution >= 0.6 is 0 Å². The molecule has 0 aliphatic carbocycles. The van der Waals surface area contributed by atoms with Crippen molar-refractivity contribution in [3.63, 3.8) is 0 Å². The molecule has 1 aromatic carbocycles. The standard InChI is InChI=1S/C18H20N4O2/c23-17-16-7-9-22(12-11-21(16)10-8-19-17)18(24)15-6-5-13-3-1-2-4-14(13)20-15/h1-6,16H,7-12H2,(H,19,23)/t16-/m0/s1. The van der Waals surface area contributed by atoms with Gasteiger partial charge in [-0.3, -0.25) is 14.5 Å². The second-order valence-electron chi connectivity index (χ2n) is 6.31. The van der Waals surface area contributed by atoms with Gasteiger partial charge in [-0.15, -0.1) is 0 Å². The van der Waals surface area contributed by atoms with Crippen LogP contribution in [0.15, 0.2) is 36.4 Å². The molecular formula is C18H20N4O2. The predicted molar refractivity (Wildman–Crippen MR) is 90.6 cm³/mol. The summed E-state index contributed by atoms with van der Waals surface area (Å²) < 4.78 is 0. The number of amides is 2. The number of carbonyl (C=O) groups excluding carboxylic acids is 2.